The van der Waals surface area contributed by atoms with Crippen molar-refractivity contribution in [2.45, 2.75) is 81.2 Å². The van der Waals surface area contributed by atoms with Gasteiger partial charge in [-0.1, -0.05) is 41.9 Å². The number of nitrogens with zero attached hydrogens (tertiary/aromatic N) is 4. The van der Waals surface area contributed by atoms with E-state index in [2.05, 4.69) is 16.0 Å². The van der Waals surface area contributed by atoms with Crippen molar-refractivity contribution in [3.63, 3.8) is 0 Å². The lowest BCUT2D eigenvalue weighted by atomic mass is 9.86. The number of imide groups is 1. The van der Waals surface area contributed by atoms with Crippen molar-refractivity contribution in [1.82, 2.24) is 23.7 Å². The molecule has 3 aliphatic heterocycles. The van der Waals surface area contributed by atoms with Crippen LogP contribution in [0, 0.1) is 0 Å². The first kappa shape index (κ1) is 49.1. The summed E-state index contributed by atoms with van der Waals surface area (Å²) in [6.45, 7) is 2.12. The first-order valence-corrected chi connectivity index (χ1v) is 24.7. The van der Waals surface area contributed by atoms with Crippen LogP contribution < -0.4 is 26.4 Å². The highest BCUT2D eigenvalue weighted by Gasteiger charge is 2.47. The molecule has 4 amide bonds. The number of aromatic carboxylic acids is 1. The van der Waals surface area contributed by atoms with E-state index < -0.39 is 87.8 Å². The number of piperidine rings is 3. The highest BCUT2D eigenvalue weighted by atomic mass is 35.5. The average Bonchev–Trinajstić information content (AvgIpc) is 3.73. The van der Waals surface area contributed by atoms with Gasteiger partial charge in [0.2, 0.25) is 21.8 Å². The van der Waals surface area contributed by atoms with Gasteiger partial charge in [-0.15, -0.1) is 11.3 Å². The van der Waals surface area contributed by atoms with Crippen LogP contribution in [0.5, 0.6) is 5.75 Å². The second kappa shape index (κ2) is 18.9. The number of aromatic nitrogens is 2. The molecule has 3 atom stereocenters. The van der Waals surface area contributed by atoms with E-state index in [1.54, 1.807) is 36.4 Å². The maximum absolute atomic E-state index is 16.0. The number of rotatable bonds is 13. The van der Waals surface area contributed by atoms with Crippen molar-refractivity contribution in [1.29, 1.82) is 0 Å². The van der Waals surface area contributed by atoms with Crippen LogP contribution in [0.1, 0.15) is 78.7 Å². The first-order chi connectivity index (χ1) is 32.5. The smallest absolute Gasteiger partial charge is 0.349 e. The molecule has 2 aromatic heterocycles. The molecule has 18 nitrogen and oxygen atoms in total. The maximum atomic E-state index is 16.0. The second-order valence-corrected chi connectivity index (χ2v) is 21.3. The number of carbonyl (C=O) groups is 5. The fraction of sp³-hybridized carbons (Fsp3) is 0.391. The van der Waals surface area contributed by atoms with Crippen molar-refractivity contribution in [2.75, 3.05) is 36.9 Å². The summed E-state index contributed by atoms with van der Waals surface area (Å²) in [5.41, 5.74) is 1.42. The molecule has 5 heterocycles. The average molecular weight is 1010 g/mol. The molecule has 69 heavy (non-hydrogen) atoms. The molecular weight excluding hydrogens is 964 g/mol. The quantitative estimate of drug-likeness (QED) is 0.0775. The van der Waals surface area contributed by atoms with Gasteiger partial charge in [0.05, 0.1) is 34.1 Å². The number of anilines is 2. The minimum Gasteiger partial charge on any atom is -0.479 e. The summed E-state index contributed by atoms with van der Waals surface area (Å²) >= 11 is 7.35. The van der Waals surface area contributed by atoms with Gasteiger partial charge in [-0.05, 0) is 92.6 Å². The number of hydrogen-bond acceptors (Lipinski definition) is 11. The summed E-state index contributed by atoms with van der Waals surface area (Å²) in [7, 11) is -2.45. The van der Waals surface area contributed by atoms with Crippen molar-refractivity contribution < 1.29 is 56.1 Å². The van der Waals surface area contributed by atoms with Crippen LogP contribution >= 0.6 is 22.9 Å². The zero-order chi connectivity index (χ0) is 49.7. The number of sulfonamides is 1. The topological polar surface area (TPSA) is 239 Å². The number of alkyl halides is 2. The number of aryl methyl sites for hydroxylation is 1. The van der Waals surface area contributed by atoms with E-state index in [9.17, 15) is 42.3 Å². The summed E-state index contributed by atoms with van der Waals surface area (Å²) in [6, 6.07) is 15.9. The van der Waals surface area contributed by atoms with Gasteiger partial charge in [0.25, 0.3) is 5.92 Å². The zero-order valence-electron chi connectivity index (χ0n) is 37.5. The van der Waals surface area contributed by atoms with E-state index in [-0.39, 0.29) is 65.3 Å². The number of fused-ring (bicyclic) bond motifs is 1. The predicted octanol–water partition coefficient (Wildman–Crippen LogP) is 6.70. The molecule has 3 aromatic carbocycles. The number of halogens is 3. The van der Waals surface area contributed by atoms with E-state index in [4.69, 9.17) is 21.4 Å². The van der Waals surface area contributed by atoms with Crippen LogP contribution in [-0.4, -0.2) is 110 Å². The van der Waals surface area contributed by atoms with Gasteiger partial charge in [0.1, 0.15) is 11.1 Å². The molecule has 366 valence electrons. The first-order valence-electron chi connectivity index (χ1n) is 21.9. The summed E-state index contributed by atoms with van der Waals surface area (Å²) in [5.74, 6) is -8.95. The molecule has 1 unspecified atom stereocenters. The molecule has 3 aliphatic rings. The van der Waals surface area contributed by atoms with Gasteiger partial charge < -0.3 is 30.5 Å². The van der Waals surface area contributed by atoms with Crippen LogP contribution in [0.2, 0.25) is 5.02 Å². The van der Waals surface area contributed by atoms with Crippen LogP contribution in [0.3, 0.4) is 0 Å². The Morgan fingerprint density at radius 3 is 2.39 bits per heavy atom. The fourth-order valence-electron chi connectivity index (χ4n) is 9.57. The van der Waals surface area contributed by atoms with Crippen molar-refractivity contribution >= 4 is 85.2 Å². The molecule has 0 saturated carbocycles. The summed E-state index contributed by atoms with van der Waals surface area (Å²) in [4.78, 5) is 75.1. The number of amides is 4. The van der Waals surface area contributed by atoms with E-state index in [0.29, 0.717) is 45.6 Å². The molecule has 3 fully saturated rings. The number of likely N-dealkylation sites (tertiary alicyclic amines) is 1. The number of imidazole rings is 1. The fourth-order valence-corrected chi connectivity index (χ4v) is 12.9. The number of aliphatic carboxylic acids is 1. The Hall–Kier alpha value is -6.36. The SMILES string of the molecule is Cn1c(=O)n(C2CCC(=O)NC2=O)c2ccc([C@H]3CCN(C(=O)Nc4cccc(CS(=O)(=O)N5CC[C@H](Nc6cccc(-c7sc(C(=O)O)c(OCC(=O)O)c7Cl)c6)CC5(C)C)c4)CC3(F)F)cc21. The molecule has 3 saturated heterocycles. The number of nitrogens with one attached hydrogen (secondary N) is 3. The van der Waals surface area contributed by atoms with Crippen LogP contribution in [0.15, 0.2) is 71.5 Å². The molecule has 5 aromatic rings. The molecule has 23 heteroatoms. The maximum Gasteiger partial charge on any atom is 0.349 e. The van der Waals surface area contributed by atoms with Crippen LogP contribution in [-0.2, 0) is 37.2 Å². The van der Waals surface area contributed by atoms with Gasteiger partial charge >= 0.3 is 23.7 Å². The predicted molar refractivity (Wildman–Crippen MR) is 253 cm³/mol. The van der Waals surface area contributed by atoms with E-state index in [0.717, 1.165) is 16.2 Å². The Balaban J connectivity index is 0.882. The summed E-state index contributed by atoms with van der Waals surface area (Å²) < 4.78 is 69.2. The number of carbonyl (C=O) groups excluding carboxylic acids is 3. The van der Waals surface area contributed by atoms with Gasteiger partial charge in [-0.25, -0.2) is 36.4 Å². The lowest BCUT2D eigenvalue weighted by Crippen LogP contribution is -2.55. The van der Waals surface area contributed by atoms with Crippen LogP contribution in [0.25, 0.3) is 21.5 Å². The monoisotopic (exact) mass is 1010 g/mol. The minimum absolute atomic E-state index is 0.0250. The molecule has 0 bridgehead atoms. The second-order valence-electron chi connectivity index (χ2n) is 18.0. The standard InChI is InChI=1S/C46H48ClF2N7O11S2/c1-45(2)21-30(50-29-9-5-7-27(19-29)39-37(47)38(67-22-36(58)59)40(68-39)42(61)62)14-17-55(45)69(65,66)23-25-6-4-8-28(18-25)51-43(63)54-16-15-31(46(48,49)24-54)26-10-11-32-34(20-26)53(3)44(64)56(32)33-12-13-35(57)52-41(33)60/h4-11,18-20,30-31,33,50H,12-17,21-24H2,1-3H3,(H,51,63)(H,58,59)(H,61,62)(H,52,57,60)/t30-,31+,33?/m0/s1. The third kappa shape index (κ3) is 10.1. The third-order valence-corrected chi connectivity index (χ3v) is 16.5. The third-order valence-electron chi connectivity index (χ3n) is 12.7. The summed E-state index contributed by atoms with van der Waals surface area (Å²) in [6.07, 6.45) is 0.927. The highest BCUT2D eigenvalue weighted by Crippen LogP contribution is 2.46. The summed E-state index contributed by atoms with van der Waals surface area (Å²) in [5, 5.41) is 27.1. The Morgan fingerprint density at radius 1 is 0.957 bits per heavy atom. The van der Waals surface area contributed by atoms with E-state index >= 15 is 8.78 Å². The van der Waals surface area contributed by atoms with Crippen molar-refractivity contribution in [2.24, 2.45) is 7.05 Å². The Morgan fingerprint density at radius 2 is 1.70 bits per heavy atom. The largest absolute Gasteiger partial charge is 0.479 e. The molecule has 5 N–H and O–H groups in total. The van der Waals surface area contributed by atoms with Gasteiger partial charge in [-0.2, -0.15) is 4.31 Å². The van der Waals surface area contributed by atoms with Gasteiger partial charge in [0.15, 0.2) is 17.2 Å². The van der Waals surface area contributed by atoms with Crippen molar-refractivity contribution in [3.8, 4) is 16.2 Å². The number of ether oxygens (including phenoxy) is 1. The van der Waals surface area contributed by atoms with E-state index in [1.165, 1.54) is 44.8 Å². The zero-order valence-corrected chi connectivity index (χ0v) is 39.9. The van der Waals surface area contributed by atoms with E-state index in [1.807, 2.05) is 19.9 Å². The number of carboxylic acid groups (broad SMARTS) is 2. The number of thiophene rings is 1. The molecule has 0 aliphatic carbocycles. The number of benzene rings is 3. The Bertz CT molecular complexity index is 3080. The molecule has 8 rings (SSSR count). The highest BCUT2D eigenvalue weighted by molar-refractivity contribution is 7.88. The Kier molecular flexibility index (Phi) is 13.4. The number of urea groups is 1. The molecule has 0 spiro atoms. The minimum atomic E-state index is -3.93. The lowest BCUT2D eigenvalue weighted by Gasteiger charge is -2.45. The Labute approximate surface area is 402 Å². The van der Waals surface area contributed by atoms with Crippen LogP contribution in [0.4, 0.5) is 25.0 Å². The number of hydrogen-bond donors (Lipinski definition) is 5. The number of carboxylic acids is 2. The normalized spacial score (nSPS) is 20.6. The molecular formula is C46H48ClF2N7O11S2. The lowest BCUT2D eigenvalue weighted by molar-refractivity contribution is -0.139. The van der Waals surface area contributed by atoms with Gasteiger partial charge in [0, 0.05) is 49.5 Å². The van der Waals surface area contributed by atoms with Crippen molar-refractivity contribution in [3.05, 3.63) is 98.2 Å². The molecule has 0 radical (unpaired) electrons. The van der Waals surface area contributed by atoms with Gasteiger partial charge in [-0.3, -0.25) is 24.0 Å².